The molecule has 0 bridgehead atoms. The fourth-order valence-corrected chi connectivity index (χ4v) is 3.40. The number of nitrogens with one attached hydrogen (secondary N) is 1. The van der Waals surface area contributed by atoms with Crippen LogP contribution in [0.5, 0.6) is 0 Å². The summed E-state index contributed by atoms with van der Waals surface area (Å²) in [6, 6.07) is 13.8. The third-order valence-corrected chi connectivity index (χ3v) is 5.14. The van der Waals surface area contributed by atoms with E-state index in [1.165, 1.54) is 12.1 Å². The van der Waals surface area contributed by atoms with E-state index in [2.05, 4.69) is 5.32 Å². The highest BCUT2D eigenvalue weighted by Gasteiger charge is 2.34. The van der Waals surface area contributed by atoms with Crippen molar-refractivity contribution in [1.29, 1.82) is 0 Å². The van der Waals surface area contributed by atoms with Gasteiger partial charge in [0.2, 0.25) is 0 Å². The zero-order valence-corrected chi connectivity index (χ0v) is 17.2. The van der Waals surface area contributed by atoms with E-state index < -0.39 is 29.5 Å². The van der Waals surface area contributed by atoms with Crippen LogP contribution in [0.25, 0.3) is 0 Å². The van der Waals surface area contributed by atoms with E-state index in [0.29, 0.717) is 24.3 Å². The van der Waals surface area contributed by atoms with Crippen molar-refractivity contribution in [3.63, 3.8) is 0 Å². The number of morpholine rings is 1. The molecular formula is C23H28F3NO2. The first kappa shape index (κ1) is 21.8. The number of hydrogen-bond donors (Lipinski definition) is 1. The quantitative estimate of drug-likeness (QED) is 0.698. The minimum absolute atomic E-state index is 0.180. The molecule has 0 aliphatic carbocycles. The lowest BCUT2D eigenvalue weighted by Gasteiger charge is -2.35. The fourth-order valence-electron chi connectivity index (χ4n) is 3.40. The van der Waals surface area contributed by atoms with Crippen molar-refractivity contribution in [2.45, 2.75) is 57.7 Å². The van der Waals surface area contributed by atoms with E-state index in [-0.39, 0.29) is 6.04 Å². The summed E-state index contributed by atoms with van der Waals surface area (Å²) in [6.45, 7) is 8.64. The van der Waals surface area contributed by atoms with Gasteiger partial charge < -0.3 is 14.8 Å². The minimum Gasteiger partial charge on any atom is -0.349 e. The molecule has 158 valence electrons. The van der Waals surface area contributed by atoms with E-state index in [1.54, 1.807) is 13.0 Å². The van der Waals surface area contributed by atoms with Gasteiger partial charge in [0.15, 0.2) is 6.29 Å². The molecule has 0 aromatic heterocycles. The Kier molecular flexibility index (Phi) is 6.36. The van der Waals surface area contributed by atoms with Crippen molar-refractivity contribution >= 4 is 0 Å². The molecule has 1 N–H and O–H groups in total. The smallest absolute Gasteiger partial charge is 0.349 e. The maximum atomic E-state index is 13.5. The summed E-state index contributed by atoms with van der Waals surface area (Å²) < 4.78 is 52.4. The second-order valence-electron chi connectivity index (χ2n) is 8.45. The van der Waals surface area contributed by atoms with Crippen molar-refractivity contribution in [3.05, 3.63) is 70.8 Å². The molecule has 1 saturated heterocycles. The highest BCUT2D eigenvalue weighted by Crippen LogP contribution is 2.37. The van der Waals surface area contributed by atoms with E-state index in [4.69, 9.17) is 9.47 Å². The largest absolute Gasteiger partial charge is 0.416 e. The van der Waals surface area contributed by atoms with Gasteiger partial charge in [-0.1, -0.05) is 57.2 Å². The van der Waals surface area contributed by atoms with Gasteiger partial charge in [0, 0.05) is 6.54 Å². The molecule has 0 saturated carbocycles. The summed E-state index contributed by atoms with van der Waals surface area (Å²) in [5.74, 6) is 0. The van der Waals surface area contributed by atoms with Crippen LogP contribution in [-0.4, -0.2) is 19.4 Å². The Morgan fingerprint density at radius 3 is 2.31 bits per heavy atom. The van der Waals surface area contributed by atoms with E-state index >= 15 is 0 Å². The molecule has 1 aliphatic rings. The molecule has 0 spiro atoms. The SMILES string of the molecule is C[C@@H](OC1OCCNC1c1ccccc1)c1cc(C(C)(C)C)cc(C(F)(F)F)c1. The molecule has 3 atom stereocenters. The van der Waals surface area contributed by atoms with Gasteiger partial charge >= 0.3 is 6.18 Å². The van der Waals surface area contributed by atoms with Crippen molar-refractivity contribution in [2.75, 3.05) is 13.2 Å². The third-order valence-electron chi connectivity index (χ3n) is 5.14. The van der Waals surface area contributed by atoms with Crippen LogP contribution in [0.4, 0.5) is 13.2 Å². The standard InChI is InChI=1S/C23H28F3NO2/c1-15(17-12-18(22(2,3)4)14-19(13-17)23(24,25)26)29-21-20(27-10-11-28-21)16-8-6-5-7-9-16/h5-9,12-15,20-21,27H,10-11H2,1-4H3/t15-,20?,21?/m1/s1. The number of benzene rings is 2. The van der Waals surface area contributed by atoms with Gasteiger partial charge in [-0.15, -0.1) is 0 Å². The number of halogens is 3. The highest BCUT2D eigenvalue weighted by molar-refractivity contribution is 5.36. The number of rotatable bonds is 4. The molecule has 3 nitrogen and oxygen atoms in total. The Balaban J connectivity index is 1.88. The van der Waals surface area contributed by atoms with Gasteiger partial charge in [-0.25, -0.2) is 0 Å². The Morgan fingerprint density at radius 2 is 1.69 bits per heavy atom. The first-order chi connectivity index (χ1) is 13.6. The van der Waals surface area contributed by atoms with E-state index in [1.807, 2.05) is 51.1 Å². The Hall–Kier alpha value is -1.89. The Labute approximate surface area is 170 Å². The minimum atomic E-state index is -4.41. The average Bonchev–Trinajstić information content (AvgIpc) is 2.67. The summed E-state index contributed by atoms with van der Waals surface area (Å²) in [7, 11) is 0. The Morgan fingerprint density at radius 1 is 1.03 bits per heavy atom. The van der Waals surface area contributed by atoms with Crippen molar-refractivity contribution in [1.82, 2.24) is 5.32 Å². The van der Waals surface area contributed by atoms with Gasteiger partial charge in [0.05, 0.1) is 24.3 Å². The van der Waals surface area contributed by atoms with Crippen molar-refractivity contribution in [3.8, 4) is 0 Å². The van der Waals surface area contributed by atoms with Crippen LogP contribution < -0.4 is 5.32 Å². The second kappa shape index (κ2) is 8.46. The summed E-state index contributed by atoms with van der Waals surface area (Å²) in [5, 5.41) is 3.38. The van der Waals surface area contributed by atoms with Crippen molar-refractivity contribution in [2.24, 2.45) is 0 Å². The monoisotopic (exact) mass is 407 g/mol. The maximum Gasteiger partial charge on any atom is 0.416 e. The van der Waals surface area contributed by atoms with Gasteiger partial charge in [-0.05, 0) is 41.2 Å². The van der Waals surface area contributed by atoms with Crippen LogP contribution in [-0.2, 0) is 21.1 Å². The van der Waals surface area contributed by atoms with Crippen LogP contribution in [0.1, 0.15) is 62.1 Å². The summed E-state index contributed by atoms with van der Waals surface area (Å²) >= 11 is 0. The molecule has 1 fully saturated rings. The molecule has 6 heteroatoms. The molecule has 2 aromatic carbocycles. The second-order valence-corrected chi connectivity index (χ2v) is 8.45. The van der Waals surface area contributed by atoms with Crippen LogP contribution in [0.2, 0.25) is 0 Å². The van der Waals surface area contributed by atoms with E-state index in [0.717, 1.165) is 5.56 Å². The zero-order valence-electron chi connectivity index (χ0n) is 17.2. The molecule has 0 amide bonds. The maximum absolute atomic E-state index is 13.5. The summed E-state index contributed by atoms with van der Waals surface area (Å²) in [6.07, 6.45) is -5.56. The van der Waals surface area contributed by atoms with Crippen molar-refractivity contribution < 1.29 is 22.6 Å². The van der Waals surface area contributed by atoms with E-state index in [9.17, 15) is 13.2 Å². The summed E-state index contributed by atoms with van der Waals surface area (Å²) in [5.41, 5.74) is 1.07. The first-order valence-corrected chi connectivity index (χ1v) is 9.84. The zero-order chi connectivity index (χ0) is 21.2. The number of hydrogen-bond acceptors (Lipinski definition) is 3. The predicted octanol–water partition coefficient (Wildman–Crippen LogP) is 5.77. The number of ether oxygens (including phenoxy) is 2. The summed E-state index contributed by atoms with van der Waals surface area (Å²) in [4.78, 5) is 0. The van der Waals surface area contributed by atoms with Gasteiger partial charge in [0.25, 0.3) is 0 Å². The van der Waals surface area contributed by atoms with Gasteiger partial charge in [-0.3, -0.25) is 0 Å². The molecular weight excluding hydrogens is 379 g/mol. The van der Waals surface area contributed by atoms with Crippen LogP contribution in [0, 0.1) is 0 Å². The molecule has 1 aliphatic heterocycles. The molecule has 3 rings (SSSR count). The fraction of sp³-hybridized carbons (Fsp3) is 0.478. The van der Waals surface area contributed by atoms with Crippen LogP contribution in [0.3, 0.4) is 0 Å². The molecule has 2 unspecified atom stereocenters. The Bertz CT molecular complexity index is 783. The topological polar surface area (TPSA) is 30.5 Å². The lowest BCUT2D eigenvalue weighted by molar-refractivity contribution is -0.200. The van der Waals surface area contributed by atoms with Crippen LogP contribution >= 0.6 is 0 Å². The highest BCUT2D eigenvalue weighted by atomic mass is 19.4. The van der Waals surface area contributed by atoms with Crippen LogP contribution in [0.15, 0.2) is 48.5 Å². The number of alkyl halides is 3. The van der Waals surface area contributed by atoms with Gasteiger partial charge in [-0.2, -0.15) is 13.2 Å². The molecule has 29 heavy (non-hydrogen) atoms. The predicted molar refractivity (Wildman–Crippen MR) is 107 cm³/mol. The first-order valence-electron chi connectivity index (χ1n) is 9.84. The molecule has 1 heterocycles. The normalized spacial score (nSPS) is 21.8. The lowest BCUT2D eigenvalue weighted by atomic mass is 9.84. The molecule has 0 radical (unpaired) electrons. The van der Waals surface area contributed by atoms with Gasteiger partial charge in [0.1, 0.15) is 0 Å². The molecule has 2 aromatic rings. The lowest BCUT2D eigenvalue weighted by Crippen LogP contribution is -2.43. The average molecular weight is 407 g/mol. The third kappa shape index (κ3) is 5.38.